The van der Waals surface area contributed by atoms with Crippen molar-refractivity contribution in [2.75, 3.05) is 6.61 Å². The Morgan fingerprint density at radius 3 is 2.50 bits per heavy atom. The largest absolute Gasteiger partial charge is 0.346 e. The Balaban J connectivity index is 2.03. The van der Waals surface area contributed by atoms with Crippen molar-refractivity contribution in [1.29, 1.82) is 0 Å². The minimum atomic E-state index is -0.163. The molecule has 0 saturated carbocycles. The SMILES string of the molecule is CC(C)[C@H]1COC(c2ccccc2)O1. The molecule has 1 aromatic rings. The lowest BCUT2D eigenvalue weighted by molar-refractivity contribution is -0.0670. The van der Waals surface area contributed by atoms with E-state index in [0.717, 1.165) is 5.56 Å². The maximum Gasteiger partial charge on any atom is 0.184 e. The zero-order chi connectivity index (χ0) is 9.97. The highest BCUT2D eigenvalue weighted by Crippen LogP contribution is 2.29. The van der Waals surface area contributed by atoms with Gasteiger partial charge in [-0.05, 0) is 5.92 Å². The first-order chi connectivity index (χ1) is 6.77. The lowest BCUT2D eigenvalue weighted by Gasteiger charge is -2.13. The molecule has 0 amide bonds. The van der Waals surface area contributed by atoms with Crippen molar-refractivity contribution >= 4 is 0 Å². The van der Waals surface area contributed by atoms with E-state index < -0.39 is 0 Å². The van der Waals surface area contributed by atoms with Gasteiger partial charge in [-0.3, -0.25) is 0 Å². The van der Waals surface area contributed by atoms with Gasteiger partial charge < -0.3 is 9.47 Å². The van der Waals surface area contributed by atoms with Gasteiger partial charge in [-0.15, -0.1) is 0 Å². The fraction of sp³-hybridized carbons (Fsp3) is 0.500. The standard InChI is InChI=1S/C12H16O2/c1-9(2)11-8-13-12(14-11)10-6-4-3-5-7-10/h3-7,9,11-12H,8H2,1-2H3/t11-,12?/m1/s1. The summed E-state index contributed by atoms with van der Waals surface area (Å²) in [4.78, 5) is 0. The minimum Gasteiger partial charge on any atom is -0.346 e. The first-order valence-corrected chi connectivity index (χ1v) is 5.09. The molecule has 0 bridgehead atoms. The third-order valence-electron chi connectivity index (χ3n) is 2.53. The lowest BCUT2D eigenvalue weighted by Crippen LogP contribution is -2.17. The van der Waals surface area contributed by atoms with Crippen molar-refractivity contribution in [3.8, 4) is 0 Å². The summed E-state index contributed by atoms with van der Waals surface area (Å²) in [6.07, 6.45) is 0.0730. The second-order valence-electron chi connectivity index (χ2n) is 3.99. The van der Waals surface area contributed by atoms with E-state index in [0.29, 0.717) is 12.5 Å². The fourth-order valence-electron chi connectivity index (χ4n) is 1.55. The molecule has 0 aromatic heterocycles. The Morgan fingerprint density at radius 1 is 1.21 bits per heavy atom. The van der Waals surface area contributed by atoms with E-state index in [2.05, 4.69) is 13.8 Å². The average molecular weight is 192 g/mol. The lowest BCUT2D eigenvalue weighted by atomic mass is 10.1. The van der Waals surface area contributed by atoms with E-state index in [1.807, 2.05) is 30.3 Å². The smallest absolute Gasteiger partial charge is 0.184 e. The van der Waals surface area contributed by atoms with Crippen LogP contribution in [0.5, 0.6) is 0 Å². The summed E-state index contributed by atoms with van der Waals surface area (Å²) in [5.41, 5.74) is 1.11. The molecule has 2 nitrogen and oxygen atoms in total. The Bertz CT molecular complexity index is 282. The topological polar surface area (TPSA) is 18.5 Å². The summed E-state index contributed by atoms with van der Waals surface area (Å²) in [6.45, 7) is 5.01. The van der Waals surface area contributed by atoms with Crippen molar-refractivity contribution in [2.24, 2.45) is 5.92 Å². The Labute approximate surface area is 84.8 Å². The highest BCUT2D eigenvalue weighted by molar-refractivity contribution is 5.16. The highest BCUT2D eigenvalue weighted by Gasteiger charge is 2.28. The van der Waals surface area contributed by atoms with Crippen LogP contribution in [0.4, 0.5) is 0 Å². The first-order valence-electron chi connectivity index (χ1n) is 5.09. The normalized spacial score (nSPS) is 27.1. The summed E-state index contributed by atoms with van der Waals surface area (Å²) < 4.78 is 11.4. The van der Waals surface area contributed by atoms with Crippen LogP contribution in [0.25, 0.3) is 0 Å². The summed E-state index contributed by atoms with van der Waals surface area (Å²) in [7, 11) is 0. The van der Waals surface area contributed by atoms with E-state index in [1.54, 1.807) is 0 Å². The second kappa shape index (κ2) is 4.11. The molecular formula is C12H16O2. The number of rotatable bonds is 2. The van der Waals surface area contributed by atoms with E-state index in [-0.39, 0.29) is 12.4 Å². The minimum absolute atomic E-state index is 0.163. The maximum atomic E-state index is 5.79. The monoisotopic (exact) mass is 192 g/mol. The van der Waals surface area contributed by atoms with Crippen molar-refractivity contribution in [3.05, 3.63) is 35.9 Å². The van der Waals surface area contributed by atoms with Crippen LogP contribution in [-0.4, -0.2) is 12.7 Å². The molecule has 0 aliphatic carbocycles. The molecule has 2 heteroatoms. The molecule has 0 radical (unpaired) electrons. The molecule has 1 saturated heterocycles. The molecule has 1 aromatic carbocycles. The van der Waals surface area contributed by atoms with Gasteiger partial charge in [0.05, 0.1) is 12.7 Å². The van der Waals surface area contributed by atoms with Gasteiger partial charge in [0.1, 0.15) is 0 Å². The fourth-order valence-corrected chi connectivity index (χ4v) is 1.55. The van der Waals surface area contributed by atoms with Crippen molar-refractivity contribution in [1.82, 2.24) is 0 Å². The molecule has 0 N–H and O–H groups in total. The summed E-state index contributed by atoms with van der Waals surface area (Å²) in [5.74, 6) is 0.517. The summed E-state index contributed by atoms with van der Waals surface area (Å²) in [5, 5.41) is 0. The van der Waals surface area contributed by atoms with Gasteiger partial charge in [0.15, 0.2) is 6.29 Å². The summed E-state index contributed by atoms with van der Waals surface area (Å²) >= 11 is 0. The van der Waals surface area contributed by atoms with Gasteiger partial charge in [-0.1, -0.05) is 44.2 Å². The van der Waals surface area contributed by atoms with Crippen molar-refractivity contribution < 1.29 is 9.47 Å². The molecule has 1 fully saturated rings. The molecule has 1 aliphatic heterocycles. The van der Waals surface area contributed by atoms with E-state index >= 15 is 0 Å². The third-order valence-corrected chi connectivity index (χ3v) is 2.53. The van der Waals surface area contributed by atoms with Crippen molar-refractivity contribution in [2.45, 2.75) is 26.2 Å². The van der Waals surface area contributed by atoms with Gasteiger partial charge in [0.25, 0.3) is 0 Å². The number of ether oxygens (including phenoxy) is 2. The Morgan fingerprint density at radius 2 is 1.93 bits per heavy atom. The predicted octanol–water partition coefficient (Wildman–Crippen LogP) is 2.76. The number of hydrogen-bond donors (Lipinski definition) is 0. The molecule has 1 aliphatic rings. The van der Waals surface area contributed by atoms with E-state index in [4.69, 9.17) is 9.47 Å². The quantitative estimate of drug-likeness (QED) is 0.717. The van der Waals surface area contributed by atoms with Crippen LogP contribution in [0.1, 0.15) is 25.7 Å². The average Bonchev–Trinajstić information content (AvgIpc) is 2.68. The van der Waals surface area contributed by atoms with Gasteiger partial charge in [0, 0.05) is 5.56 Å². The molecule has 14 heavy (non-hydrogen) atoms. The van der Waals surface area contributed by atoms with Crippen LogP contribution in [-0.2, 0) is 9.47 Å². The molecule has 1 heterocycles. The van der Waals surface area contributed by atoms with Crippen LogP contribution in [0.2, 0.25) is 0 Å². The van der Waals surface area contributed by atoms with E-state index in [9.17, 15) is 0 Å². The predicted molar refractivity (Wildman–Crippen MR) is 54.8 cm³/mol. The number of benzene rings is 1. The van der Waals surface area contributed by atoms with Crippen LogP contribution in [0.3, 0.4) is 0 Å². The first kappa shape index (κ1) is 9.69. The molecule has 2 atom stereocenters. The molecule has 1 unspecified atom stereocenters. The Kier molecular flexibility index (Phi) is 2.85. The molecule has 0 spiro atoms. The van der Waals surface area contributed by atoms with Gasteiger partial charge in [-0.25, -0.2) is 0 Å². The number of hydrogen-bond acceptors (Lipinski definition) is 2. The molecular weight excluding hydrogens is 176 g/mol. The van der Waals surface area contributed by atoms with E-state index in [1.165, 1.54) is 0 Å². The van der Waals surface area contributed by atoms with Gasteiger partial charge in [-0.2, -0.15) is 0 Å². The summed E-state index contributed by atoms with van der Waals surface area (Å²) in [6, 6.07) is 10.1. The zero-order valence-electron chi connectivity index (χ0n) is 8.64. The van der Waals surface area contributed by atoms with Crippen LogP contribution in [0.15, 0.2) is 30.3 Å². The molecule has 76 valence electrons. The van der Waals surface area contributed by atoms with Crippen LogP contribution >= 0.6 is 0 Å². The third kappa shape index (κ3) is 1.97. The van der Waals surface area contributed by atoms with Gasteiger partial charge in [0.2, 0.25) is 0 Å². The van der Waals surface area contributed by atoms with Crippen molar-refractivity contribution in [3.63, 3.8) is 0 Å². The highest BCUT2D eigenvalue weighted by atomic mass is 16.7. The van der Waals surface area contributed by atoms with Gasteiger partial charge >= 0.3 is 0 Å². The zero-order valence-corrected chi connectivity index (χ0v) is 8.64. The second-order valence-corrected chi connectivity index (χ2v) is 3.99. The van der Waals surface area contributed by atoms with Crippen LogP contribution in [0, 0.1) is 5.92 Å². The Hall–Kier alpha value is -0.860. The maximum absolute atomic E-state index is 5.79. The molecule has 2 rings (SSSR count). The van der Waals surface area contributed by atoms with Crippen LogP contribution < -0.4 is 0 Å².